The summed E-state index contributed by atoms with van der Waals surface area (Å²) in [6, 6.07) is 11.2. The second-order valence-electron chi connectivity index (χ2n) is 9.29. The van der Waals surface area contributed by atoms with Crippen LogP contribution in [0.15, 0.2) is 46.9 Å². The van der Waals surface area contributed by atoms with Crippen LogP contribution in [0.1, 0.15) is 33.3 Å². The average molecular weight is 566 g/mol. The standard InChI is InChI=1S/C23H22BrCl2F3N2O2/c1-21(2,3)18-30(17-10-15(25)9-16(26)11-17)19(32)22(4,31(18)20(33)23(27,28)29)12-13-5-7-14(24)8-6-13/h5-11,18H,12H2,1-4H3/t18-,22?/m1/s1. The first-order chi connectivity index (χ1) is 15.1. The van der Waals surface area contributed by atoms with Crippen molar-refractivity contribution in [2.24, 2.45) is 5.41 Å². The molecule has 1 heterocycles. The van der Waals surface area contributed by atoms with E-state index < -0.39 is 35.1 Å². The van der Waals surface area contributed by atoms with E-state index in [1.165, 1.54) is 30.0 Å². The maximum absolute atomic E-state index is 13.9. The van der Waals surface area contributed by atoms with Crippen LogP contribution < -0.4 is 4.90 Å². The molecular weight excluding hydrogens is 544 g/mol. The van der Waals surface area contributed by atoms with Crippen LogP contribution >= 0.6 is 39.1 Å². The van der Waals surface area contributed by atoms with Crippen LogP contribution in [0.2, 0.25) is 10.0 Å². The molecule has 1 saturated heterocycles. The Balaban J connectivity index is 2.26. The van der Waals surface area contributed by atoms with Crippen molar-refractivity contribution in [3.8, 4) is 0 Å². The minimum atomic E-state index is -5.17. The van der Waals surface area contributed by atoms with Crippen LogP contribution in [0.4, 0.5) is 18.9 Å². The van der Waals surface area contributed by atoms with E-state index in [1.807, 2.05) is 0 Å². The molecule has 2 amide bonds. The van der Waals surface area contributed by atoms with E-state index in [9.17, 15) is 22.8 Å². The summed E-state index contributed by atoms with van der Waals surface area (Å²) in [5, 5.41) is 0.432. The van der Waals surface area contributed by atoms with Gasteiger partial charge in [-0.05, 0) is 42.8 Å². The summed E-state index contributed by atoms with van der Waals surface area (Å²) in [5.41, 5.74) is -1.93. The van der Waals surface area contributed by atoms with E-state index in [0.717, 1.165) is 4.47 Å². The van der Waals surface area contributed by atoms with E-state index in [1.54, 1.807) is 45.0 Å². The van der Waals surface area contributed by atoms with Crippen LogP contribution in [0.3, 0.4) is 0 Å². The first-order valence-electron chi connectivity index (χ1n) is 10.0. The molecule has 33 heavy (non-hydrogen) atoms. The molecule has 0 bridgehead atoms. The smallest absolute Gasteiger partial charge is 0.299 e. The highest BCUT2D eigenvalue weighted by Crippen LogP contribution is 2.46. The van der Waals surface area contributed by atoms with Crippen molar-refractivity contribution < 1.29 is 22.8 Å². The van der Waals surface area contributed by atoms with E-state index in [-0.39, 0.29) is 22.2 Å². The lowest BCUT2D eigenvalue weighted by atomic mass is 9.87. The second kappa shape index (κ2) is 8.78. The number of anilines is 1. The maximum atomic E-state index is 13.9. The predicted molar refractivity (Wildman–Crippen MR) is 126 cm³/mol. The maximum Gasteiger partial charge on any atom is 0.471 e. The van der Waals surface area contributed by atoms with Crippen molar-refractivity contribution >= 4 is 56.6 Å². The molecule has 1 fully saturated rings. The van der Waals surface area contributed by atoms with Crippen LogP contribution in [0.25, 0.3) is 0 Å². The van der Waals surface area contributed by atoms with Crippen molar-refractivity contribution in [1.29, 1.82) is 0 Å². The molecule has 3 rings (SSSR count). The zero-order valence-corrected chi connectivity index (χ0v) is 21.4. The van der Waals surface area contributed by atoms with Gasteiger partial charge >= 0.3 is 12.1 Å². The Bertz CT molecular complexity index is 1070. The molecule has 0 radical (unpaired) electrons. The van der Waals surface area contributed by atoms with Gasteiger partial charge in [0, 0.05) is 32.0 Å². The number of alkyl halides is 3. The Morgan fingerprint density at radius 3 is 2.03 bits per heavy atom. The van der Waals surface area contributed by atoms with E-state index in [2.05, 4.69) is 15.9 Å². The third-order valence-electron chi connectivity index (χ3n) is 5.52. The summed E-state index contributed by atoms with van der Waals surface area (Å²) in [7, 11) is 0. The molecule has 0 N–H and O–H groups in total. The highest BCUT2D eigenvalue weighted by Gasteiger charge is 2.64. The molecule has 0 aromatic heterocycles. The Hall–Kier alpha value is -1.77. The first kappa shape index (κ1) is 25.8. The summed E-state index contributed by atoms with van der Waals surface area (Å²) in [6.07, 6.45) is -6.53. The van der Waals surface area contributed by atoms with Gasteiger partial charge in [-0.2, -0.15) is 13.2 Å². The van der Waals surface area contributed by atoms with Crippen molar-refractivity contribution in [2.45, 2.75) is 52.0 Å². The summed E-state index contributed by atoms with van der Waals surface area (Å²) in [5.74, 6) is -2.73. The Labute approximate surface area is 208 Å². The fourth-order valence-corrected chi connectivity index (χ4v) is 4.98. The van der Waals surface area contributed by atoms with Gasteiger partial charge in [0.15, 0.2) is 0 Å². The molecule has 4 nitrogen and oxygen atoms in total. The number of carbonyl (C=O) groups excluding carboxylic acids is 2. The van der Waals surface area contributed by atoms with Gasteiger partial charge in [-0.3, -0.25) is 19.4 Å². The summed E-state index contributed by atoms with van der Waals surface area (Å²) in [4.78, 5) is 28.6. The van der Waals surface area contributed by atoms with Gasteiger partial charge in [-0.1, -0.05) is 72.0 Å². The lowest BCUT2D eigenvalue weighted by Gasteiger charge is -2.42. The third kappa shape index (κ3) is 5.03. The van der Waals surface area contributed by atoms with E-state index in [0.29, 0.717) is 10.5 Å². The molecule has 2 aromatic carbocycles. The minimum Gasteiger partial charge on any atom is -0.299 e. The normalized spacial score (nSPS) is 21.6. The fourth-order valence-electron chi connectivity index (χ4n) is 4.20. The van der Waals surface area contributed by atoms with Crippen LogP contribution in [0.5, 0.6) is 0 Å². The minimum absolute atomic E-state index is 0.113. The second-order valence-corrected chi connectivity index (χ2v) is 11.1. The van der Waals surface area contributed by atoms with Crippen LogP contribution in [0, 0.1) is 5.41 Å². The Morgan fingerprint density at radius 1 is 1.06 bits per heavy atom. The molecule has 1 aliphatic heterocycles. The lowest BCUT2D eigenvalue weighted by molar-refractivity contribution is -0.194. The number of carbonyl (C=O) groups is 2. The zero-order valence-electron chi connectivity index (χ0n) is 18.3. The molecular formula is C23H22BrCl2F3N2O2. The third-order valence-corrected chi connectivity index (χ3v) is 6.49. The fraction of sp³-hybridized carbons (Fsp3) is 0.391. The molecule has 2 aromatic rings. The van der Waals surface area contributed by atoms with Crippen LogP contribution in [-0.4, -0.2) is 34.6 Å². The quantitative estimate of drug-likeness (QED) is 0.407. The first-order valence-corrected chi connectivity index (χ1v) is 11.6. The topological polar surface area (TPSA) is 40.6 Å². The van der Waals surface area contributed by atoms with Gasteiger partial charge in [-0.25, -0.2) is 0 Å². The van der Waals surface area contributed by atoms with Gasteiger partial charge < -0.3 is 0 Å². The summed E-state index contributed by atoms with van der Waals surface area (Å²) in [6.45, 7) is 6.39. The largest absolute Gasteiger partial charge is 0.471 e. The highest BCUT2D eigenvalue weighted by molar-refractivity contribution is 9.10. The van der Waals surface area contributed by atoms with Gasteiger partial charge in [0.05, 0.1) is 0 Å². The Morgan fingerprint density at radius 2 is 1.58 bits per heavy atom. The Kier molecular flexibility index (Phi) is 6.88. The number of benzene rings is 2. The molecule has 1 unspecified atom stereocenters. The molecule has 1 aliphatic rings. The van der Waals surface area contributed by atoms with Crippen molar-refractivity contribution in [3.05, 3.63) is 62.5 Å². The molecule has 0 spiro atoms. The van der Waals surface area contributed by atoms with Gasteiger partial charge in [-0.15, -0.1) is 0 Å². The molecule has 0 aliphatic carbocycles. The average Bonchev–Trinajstić information content (AvgIpc) is 2.89. The van der Waals surface area contributed by atoms with E-state index in [4.69, 9.17) is 23.2 Å². The number of rotatable bonds is 3. The molecule has 178 valence electrons. The molecule has 2 atom stereocenters. The zero-order chi connectivity index (χ0) is 24.9. The summed E-state index contributed by atoms with van der Waals surface area (Å²) >= 11 is 15.6. The number of amides is 2. The van der Waals surface area contributed by atoms with Crippen molar-refractivity contribution in [2.75, 3.05) is 4.90 Å². The molecule has 10 heteroatoms. The molecule has 0 saturated carbocycles. The number of hydrogen-bond acceptors (Lipinski definition) is 2. The van der Waals surface area contributed by atoms with Crippen molar-refractivity contribution in [1.82, 2.24) is 4.90 Å². The van der Waals surface area contributed by atoms with Crippen LogP contribution in [-0.2, 0) is 16.0 Å². The van der Waals surface area contributed by atoms with Gasteiger partial charge in [0.2, 0.25) is 0 Å². The van der Waals surface area contributed by atoms with Gasteiger partial charge in [0.25, 0.3) is 5.91 Å². The predicted octanol–water partition coefficient (Wildman–Crippen LogP) is 6.87. The number of hydrogen-bond donors (Lipinski definition) is 0. The monoisotopic (exact) mass is 564 g/mol. The lowest BCUT2D eigenvalue weighted by Crippen LogP contribution is -2.59. The summed E-state index contributed by atoms with van der Waals surface area (Å²) < 4.78 is 42.2. The van der Waals surface area contributed by atoms with Crippen molar-refractivity contribution in [3.63, 3.8) is 0 Å². The number of nitrogens with zero attached hydrogens (tertiary/aromatic N) is 2. The highest BCUT2D eigenvalue weighted by atomic mass is 79.9. The van der Waals surface area contributed by atoms with E-state index >= 15 is 0 Å². The number of halogens is 6. The van der Waals surface area contributed by atoms with Gasteiger partial charge in [0.1, 0.15) is 11.7 Å². The SMILES string of the molecule is CC(C)(C)[C@@H]1N(c2cc(Cl)cc(Cl)c2)C(=O)C(C)(Cc2ccc(Br)cc2)N1C(=O)C(F)(F)F.